The molecule has 1 unspecified atom stereocenters. The Morgan fingerprint density at radius 2 is 2.00 bits per heavy atom. The Bertz CT molecular complexity index is 361. The van der Waals surface area contributed by atoms with Crippen LogP contribution in [0.3, 0.4) is 0 Å². The van der Waals surface area contributed by atoms with Crippen molar-refractivity contribution in [3.05, 3.63) is 29.8 Å². The normalized spacial score (nSPS) is 14.2. The van der Waals surface area contributed by atoms with Gasteiger partial charge in [-0.1, -0.05) is 12.1 Å². The third kappa shape index (κ3) is 2.50. The number of rotatable bonds is 4. The van der Waals surface area contributed by atoms with E-state index >= 15 is 0 Å². The lowest BCUT2D eigenvalue weighted by atomic mass is 10.0. The molecule has 0 aliphatic carbocycles. The number of carbonyl (C=O) groups excluding carboxylic acids is 1. The van der Waals surface area contributed by atoms with E-state index in [1.54, 1.807) is 31.2 Å². The van der Waals surface area contributed by atoms with Crippen molar-refractivity contribution >= 4 is 17.7 Å². The molecule has 0 spiro atoms. The van der Waals surface area contributed by atoms with Crippen LogP contribution in [0.5, 0.6) is 5.75 Å². The van der Waals surface area contributed by atoms with Crippen molar-refractivity contribution in [1.82, 2.24) is 0 Å². The van der Waals surface area contributed by atoms with Crippen molar-refractivity contribution in [2.24, 2.45) is 0 Å². The van der Waals surface area contributed by atoms with E-state index in [2.05, 4.69) is 0 Å². The lowest BCUT2D eigenvalue weighted by Crippen LogP contribution is -2.30. The van der Waals surface area contributed by atoms with Crippen LogP contribution < -0.4 is 0 Å². The first-order chi connectivity index (χ1) is 7.54. The van der Waals surface area contributed by atoms with Crippen LogP contribution in [-0.4, -0.2) is 23.9 Å². The highest BCUT2D eigenvalue weighted by atomic mass is 32.2. The molecule has 1 rings (SSSR count). The number of ether oxygens (including phenoxy) is 1. The maximum atomic E-state index is 11.9. The summed E-state index contributed by atoms with van der Waals surface area (Å²) in [5.41, 5.74) is 0.830. The second-order valence-corrected chi connectivity index (χ2v) is 4.73. The fourth-order valence-corrected chi connectivity index (χ4v) is 1.96. The molecule has 3 nitrogen and oxygen atoms in total. The molecule has 0 saturated heterocycles. The molecule has 0 bridgehead atoms. The van der Waals surface area contributed by atoms with Crippen LogP contribution >= 0.6 is 11.8 Å². The molecule has 0 heterocycles. The maximum absolute atomic E-state index is 11.9. The minimum absolute atomic E-state index is 0.191. The predicted octanol–water partition coefficient (Wildman–Crippen LogP) is 2.53. The summed E-state index contributed by atoms with van der Waals surface area (Å²) in [6.07, 6.45) is 1.86. The third-order valence-electron chi connectivity index (χ3n) is 2.49. The van der Waals surface area contributed by atoms with Crippen LogP contribution in [0.4, 0.5) is 0 Å². The van der Waals surface area contributed by atoms with Crippen LogP contribution in [0.1, 0.15) is 19.4 Å². The maximum Gasteiger partial charge on any atom is 0.326 e. The summed E-state index contributed by atoms with van der Waals surface area (Å²) in [6, 6.07) is 6.62. The Hall–Kier alpha value is -1.16. The fourth-order valence-electron chi connectivity index (χ4n) is 1.37. The summed E-state index contributed by atoms with van der Waals surface area (Å²) in [5, 5.41) is 9.21. The van der Waals surface area contributed by atoms with Crippen LogP contribution in [-0.2, 0) is 14.3 Å². The standard InChI is InChI=1S/C12H16O3S/c1-4-15-11(14)12(2,16-3)9-5-7-10(13)8-6-9/h5-8,13H,4H2,1-3H3. The molecule has 88 valence electrons. The van der Waals surface area contributed by atoms with Crippen LogP contribution in [0.25, 0.3) is 0 Å². The highest BCUT2D eigenvalue weighted by Gasteiger charge is 2.35. The van der Waals surface area contributed by atoms with E-state index in [0.29, 0.717) is 6.61 Å². The van der Waals surface area contributed by atoms with E-state index in [1.807, 2.05) is 13.2 Å². The van der Waals surface area contributed by atoms with Crippen LogP contribution in [0.2, 0.25) is 0 Å². The number of aromatic hydroxyl groups is 1. The molecule has 16 heavy (non-hydrogen) atoms. The zero-order chi connectivity index (χ0) is 12.2. The molecule has 0 saturated carbocycles. The quantitative estimate of drug-likeness (QED) is 0.821. The van der Waals surface area contributed by atoms with Crippen molar-refractivity contribution in [3.63, 3.8) is 0 Å². The van der Waals surface area contributed by atoms with E-state index in [0.717, 1.165) is 5.56 Å². The first-order valence-corrected chi connectivity index (χ1v) is 6.29. The van der Waals surface area contributed by atoms with Crippen molar-refractivity contribution in [3.8, 4) is 5.75 Å². The molecule has 1 N–H and O–H groups in total. The van der Waals surface area contributed by atoms with Crippen molar-refractivity contribution in [2.75, 3.05) is 12.9 Å². The van der Waals surface area contributed by atoms with E-state index < -0.39 is 4.75 Å². The Balaban J connectivity index is 3.04. The van der Waals surface area contributed by atoms with Gasteiger partial charge in [0.05, 0.1) is 6.61 Å². The van der Waals surface area contributed by atoms with Gasteiger partial charge in [-0.2, -0.15) is 0 Å². The molecule has 0 aromatic heterocycles. The highest BCUT2D eigenvalue weighted by molar-refractivity contribution is 8.00. The summed E-state index contributed by atoms with van der Waals surface area (Å²) in [5.74, 6) is -0.0655. The van der Waals surface area contributed by atoms with E-state index in [-0.39, 0.29) is 11.7 Å². The average molecular weight is 240 g/mol. The number of phenolic OH excluding ortho intramolecular Hbond substituents is 1. The van der Waals surface area contributed by atoms with Gasteiger partial charge in [-0.3, -0.25) is 4.79 Å². The average Bonchev–Trinajstić information content (AvgIpc) is 2.29. The largest absolute Gasteiger partial charge is 0.508 e. The zero-order valence-electron chi connectivity index (χ0n) is 9.69. The molecule has 0 amide bonds. The van der Waals surface area contributed by atoms with Gasteiger partial charge in [0.2, 0.25) is 0 Å². The minimum Gasteiger partial charge on any atom is -0.508 e. The van der Waals surface area contributed by atoms with Gasteiger partial charge >= 0.3 is 5.97 Å². The Morgan fingerprint density at radius 3 is 2.44 bits per heavy atom. The molecule has 0 radical (unpaired) electrons. The minimum atomic E-state index is -0.719. The summed E-state index contributed by atoms with van der Waals surface area (Å²) < 4.78 is 4.34. The Kier molecular flexibility index (Phi) is 4.24. The summed E-state index contributed by atoms with van der Waals surface area (Å²) >= 11 is 1.42. The predicted molar refractivity (Wildman–Crippen MR) is 65.6 cm³/mol. The third-order valence-corrected chi connectivity index (χ3v) is 3.71. The van der Waals surface area contributed by atoms with E-state index in [9.17, 15) is 9.90 Å². The first-order valence-electron chi connectivity index (χ1n) is 5.06. The summed E-state index contributed by atoms with van der Waals surface area (Å²) in [6.45, 7) is 3.98. The summed E-state index contributed by atoms with van der Waals surface area (Å²) in [4.78, 5) is 11.9. The smallest absolute Gasteiger partial charge is 0.326 e. The van der Waals surface area contributed by atoms with Gasteiger partial charge in [0, 0.05) is 0 Å². The second-order valence-electron chi connectivity index (χ2n) is 3.50. The molecule has 0 aliphatic rings. The lowest BCUT2D eigenvalue weighted by Gasteiger charge is -2.25. The SMILES string of the molecule is CCOC(=O)C(C)(SC)c1ccc(O)cc1. The Morgan fingerprint density at radius 1 is 1.44 bits per heavy atom. The lowest BCUT2D eigenvalue weighted by molar-refractivity contribution is -0.145. The first kappa shape index (κ1) is 12.9. The zero-order valence-corrected chi connectivity index (χ0v) is 10.5. The van der Waals surface area contributed by atoms with Crippen molar-refractivity contribution < 1.29 is 14.6 Å². The van der Waals surface area contributed by atoms with Gasteiger partial charge in [-0.25, -0.2) is 0 Å². The monoisotopic (exact) mass is 240 g/mol. The number of hydrogen-bond acceptors (Lipinski definition) is 4. The van der Waals surface area contributed by atoms with E-state index in [1.165, 1.54) is 11.8 Å². The van der Waals surface area contributed by atoms with Gasteiger partial charge in [-0.05, 0) is 37.8 Å². The van der Waals surface area contributed by atoms with E-state index in [4.69, 9.17) is 4.74 Å². The number of benzene rings is 1. The Labute approximate surface area is 99.8 Å². The fraction of sp³-hybridized carbons (Fsp3) is 0.417. The number of phenols is 1. The van der Waals surface area contributed by atoms with Gasteiger partial charge < -0.3 is 9.84 Å². The molecule has 0 aliphatic heterocycles. The second kappa shape index (κ2) is 5.25. The molecule has 1 aromatic rings. The molecule has 0 fully saturated rings. The molecule has 1 aromatic carbocycles. The van der Waals surface area contributed by atoms with Crippen molar-refractivity contribution in [2.45, 2.75) is 18.6 Å². The van der Waals surface area contributed by atoms with Crippen LogP contribution in [0, 0.1) is 0 Å². The molecular weight excluding hydrogens is 224 g/mol. The van der Waals surface area contributed by atoms with Crippen molar-refractivity contribution in [1.29, 1.82) is 0 Å². The topological polar surface area (TPSA) is 46.5 Å². The van der Waals surface area contributed by atoms with Gasteiger partial charge in [0.25, 0.3) is 0 Å². The van der Waals surface area contributed by atoms with Gasteiger partial charge in [0.1, 0.15) is 10.5 Å². The van der Waals surface area contributed by atoms with Gasteiger partial charge in [0.15, 0.2) is 0 Å². The number of esters is 1. The molecular formula is C12H16O3S. The number of thioether (sulfide) groups is 1. The number of carbonyl (C=O) groups is 1. The van der Waals surface area contributed by atoms with Gasteiger partial charge in [-0.15, -0.1) is 11.8 Å². The molecule has 4 heteroatoms. The summed E-state index contributed by atoms with van der Waals surface area (Å²) in [7, 11) is 0. The highest BCUT2D eigenvalue weighted by Crippen LogP contribution is 2.36. The number of hydrogen-bond donors (Lipinski definition) is 1. The van der Waals surface area contributed by atoms with Crippen LogP contribution in [0.15, 0.2) is 24.3 Å². The molecule has 1 atom stereocenters.